The lowest BCUT2D eigenvalue weighted by atomic mass is 9.98. The van der Waals surface area contributed by atoms with Crippen LogP contribution in [0.4, 0.5) is 5.69 Å². The van der Waals surface area contributed by atoms with E-state index in [1.165, 1.54) is 5.69 Å². The Labute approximate surface area is 121 Å². The first-order valence-corrected chi connectivity index (χ1v) is 7.40. The van der Waals surface area contributed by atoms with Crippen molar-refractivity contribution < 1.29 is 4.79 Å². The summed E-state index contributed by atoms with van der Waals surface area (Å²) in [5.74, 6) is 0.439. The zero-order valence-corrected chi connectivity index (χ0v) is 12.5. The summed E-state index contributed by atoms with van der Waals surface area (Å²) in [6, 6.07) is 10.3. The van der Waals surface area contributed by atoms with E-state index in [0.29, 0.717) is 0 Å². The fraction of sp³-hybridized carbons (Fsp3) is 0.562. The van der Waals surface area contributed by atoms with Gasteiger partial charge in [0.25, 0.3) is 0 Å². The number of likely N-dealkylation sites (N-methyl/N-ethyl adjacent to an activating group) is 2. The highest BCUT2D eigenvalue weighted by Crippen LogP contribution is 2.14. The maximum atomic E-state index is 12.3. The Morgan fingerprint density at radius 3 is 2.65 bits per heavy atom. The predicted octanol–water partition coefficient (Wildman–Crippen LogP) is 1.58. The molecule has 4 nitrogen and oxygen atoms in total. The monoisotopic (exact) mass is 275 g/mol. The van der Waals surface area contributed by atoms with Crippen molar-refractivity contribution in [2.75, 3.05) is 45.2 Å². The lowest BCUT2D eigenvalue weighted by molar-refractivity contribution is -0.134. The normalized spacial score (nSPS) is 18.6. The van der Waals surface area contributed by atoms with E-state index in [2.05, 4.69) is 29.4 Å². The molecule has 0 aliphatic carbocycles. The fourth-order valence-corrected chi connectivity index (χ4v) is 2.60. The summed E-state index contributed by atoms with van der Waals surface area (Å²) in [6.45, 7) is 3.50. The number of carbonyl (C=O) groups is 1. The highest BCUT2D eigenvalue weighted by molar-refractivity contribution is 5.79. The molecule has 0 spiro atoms. The number of rotatable bonds is 5. The molecule has 1 aromatic rings. The van der Waals surface area contributed by atoms with Gasteiger partial charge in [-0.15, -0.1) is 0 Å². The van der Waals surface area contributed by atoms with Crippen molar-refractivity contribution in [1.29, 1.82) is 0 Å². The summed E-state index contributed by atoms with van der Waals surface area (Å²) in [4.78, 5) is 16.4. The molecule has 110 valence electrons. The third kappa shape index (κ3) is 3.97. The molecule has 0 radical (unpaired) electrons. The Kier molecular flexibility index (Phi) is 5.41. The molecule has 1 saturated heterocycles. The van der Waals surface area contributed by atoms with Crippen molar-refractivity contribution in [3.63, 3.8) is 0 Å². The molecular formula is C16H25N3O. The van der Waals surface area contributed by atoms with Gasteiger partial charge in [0, 0.05) is 39.4 Å². The standard InChI is InChI=1S/C16H25N3O/c1-18(15-8-4-3-5-9-15)11-12-19(2)16(20)14-7-6-10-17-13-14/h3-5,8-9,14,17H,6-7,10-13H2,1-2H3. The molecule has 1 aliphatic heterocycles. The van der Waals surface area contributed by atoms with E-state index < -0.39 is 0 Å². The molecule has 1 atom stereocenters. The van der Waals surface area contributed by atoms with Crippen LogP contribution in [0, 0.1) is 5.92 Å². The molecular weight excluding hydrogens is 250 g/mol. The maximum absolute atomic E-state index is 12.3. The maximum Gasteiger partial charge on any atom is 0.226 e. The molecule has 1 amide bonds. The number of piperidine rings is 1. The van der Waals surface area contributed by atoms with Gasteiger partial charge in [0.2, 0.25) is 5.91 Å². The van der Waals surface area contributed by atoms with Crippen molar-refractivity contribution in [1.82, 2.24) is 10.2 Å². The van der Waals surface area contributed by atoms with Crippen LogP contribution in [-0.4, -0.2) is 51.1 Å². The third-order valence-electron chi connectivity index (χ3n) is 3.99. The number of nitrogens with zero attached hydrogens (tertiary/aromatic N) is 2. The van der Waals surface area contributed by atoms with Crippen LogP contribution in [0.3, 0.4) is 0 Å². The second-order valence-corrected chi connectivity index (χ2v) is 5.56. The molecule has 0 saturated carbocycles. The van der Waals surface area contributed by atoms with Crippen LogP contribution in [0.15, 0.2) is 30.3 Å². The average molecular weight is 275 g/mol. The van der Waals surface area contributed by atoms with Crippen molar-refractivity contribution in [2.24, 2.45) is 5.92 Å². The third-order valence-corrected chi connectivity index (χ3v) is 3.99. The topological polar surface area (TPSA) is 35.6 Å². The first-order chi connectivity index (χ1) is 9.68. The van der Waals surface area contributed by atoms with Crippen LogP contribution in [0.2, 0.25) is 0 Å². The van der Waals surface area contributed by atoms with E-state index in [-0.39, 0.29) is 11.8 Å². The first-order valence-electron chi connectivity index (χ1n) is 7.40. The van der Waals surface area contributed by atoms with Crippen LogP contribution in [-0.2, 0) is 4.79 Å². The van der Waals surface area contributed by atoms with Crippen molar-refractivity contribution in [3.8, 4) is 0 Å². The number of para-hydroxylation sites is 1. The second kappa shape index (κ2) is 7.29. The van der Waals surface area contributed by atoms with E-state index in [9.17, 15) is 4.79 Å². The summed E-state index contributed by atoms with van der Waals surface area (Å²) in [6.07, 6.45) is 2.12. The van der Waals surface area contributed by atoms with Gasteiger partial charge >= 0.3 is 0 Å². The van der Waals surface area contributed by atoms with Crippen molar-refractivity contribution in [3.05, 3.63) is 30.3 Å². The molecule has 0 bridgehead atoms. The van der Waals surface area contributed by atoms with Gasteiger partial charge in [-0.3, -0.25) is 4.79 Å². The molecule has 1 aliphatic rings. The van der Waals surface area contributed by atoms with Gasteiger partial charge in [0.1, 0.15) is 0 Å². The minimum atomic E-state index is 0.163. The van der Waals surface area contributed by atoms with Crippen LogP contribution in [0.5, 0.6) is 0 Å². The molecule has 1 fully saturated rings. The summed E-state index contributed by atoms with van der Waals surface area (Å²) in [5.41, 5.74) is 1.19. The van der Waals surface area contributed by atoms with Gasteiger partial charge in [0.15, 0.2) is 0 Å². The summed E-state index contributed by atoms with van der Waals surface area (Å²) in [5, 5.41) is 3.30. The number of amides is 1. The largest absolute Gasteiger partial charge is 0.373 e. The average Bonchev–Trinajstić information content (AvgIpc) is 2.53. The van der Waals surface area contributed by atoms with Gasteiger partial charge in [-0.2, -0.15) is 0 Å². The summed E-state index contributed by atoms with van der Waals surface area (Å²) < 4.78 is 0. The van der Waals surface area contributed by atoms with Crippen LogP contribution in [0.25, 0.3) is 0 Å². The highest BCUT2D eigenvalue weighted by Gasteiger charge is 2.23. The zero-order valence-electron chi connectivity index (χ0n) is 12.5. The predicted molar refractivity (Wildman–Crippen MR) is 82.9 cm³/mol. The molecule has 20 heavy (non-hydrogen) atoms. The van der Waals surface area contributed by atoms with Crippen molar-refractivity contribution >= 4 is 11.6 Å². The molecule has 1 unspecified atom stereocenters. The van der Waals surface area contributed by atoms with E-state index in [1.807, 2.05) is 30.1 Å². The minimum absolute atomic E-state index is 0.163. The Hall–Kier alpha value is -1.55. The molecule has 1 aromatic carbocycles. The number of anilines is 1. The van der Waals surface area contributed by atoms with Gasteiger partial charge in [-0.05, 0) is 31.5 Å². The van der Waals surface area contributed by atoms with Crippen molar-refractivity contribution in [2.45, 2.75) is 12.8 Å². The van der Waals surface area contributed by atoms with Crippen LogP contribution < -0.4 is 10.2 Å². The smallest absolute Gasteiger partial charge is 0.226 e. The first kappa shape index (κ1) is 14.9. The second-order valence-electron chi connectivity index (χ2n) is 5.56. The van der Waals surface area contributed by atoms with E-state index >= 15 is 0 Å². The number of carbonyl (C=O) groups excluding carboxylic acids is 1. The molecule has 0 aromatic heterocycles. The Bertz CT molecular complexity index is 415. The van der Waals surface area contributed by atoms with E-state index in [1.54, 1.807) is 0 Å². The fourth-order valence-electron chi connectivity index (χ4n) is 2.60. The summed E-state index contributed by atoms with van der Waals surface area (Å²) >= 11 is 0. The van der Waals surface area contributed by atoms with Gasteiger partial charge in [0.05, 0.1) is 5.92 Å². The van der Waals surface area contributed by atoms with E-state index in [4.69, 9.17) is 0 Å². The van der Waals surface area contributed by atoms with Gasteiger partial charge in [-0.25, -0.2) is 0 Å². The minimum Gasteiger partial charge on any atom is -0.373 e. The Morgan fingerprint density at radius 2 is 2.00 bits per heavy atom. The molecule has 1 heterocycles. The van der Waals surface area contributed by atoms with Gasteiger partial charge in [-0.1, -0.05) is 18.2 Å². The Balaban J connectivity index is 1.79. The molecule has 2 rings (SSSR count). The number of nitrogens with one attached hydrogen (secondary N) is 1. The van der Waals surface area contributed by atoms with E-state index in [0.717, 1.165) is 39.0 Å². The number of hydrogen-bond donors (Lipinski definition) is 1. The van der Waals surface area contributed by atoms with Gasteiger partial charge < -0.3 is 15.1 Å². The molecule has 4 heteroatoms. The zero-order chi connectivity index (χ0) is 14.4. The lowest BCUT2D eigenvalue weighted by Gasteiger charge is -2.29. The SMILES string of the molecule is CN(CCN(C)c1ccccc1)C(=O)C1CCCNC1. The Morgan fingerprint density at radius 1 is 1.25 bits per heavy atom. The van der Waals surface area contributed by atoms with Crippen LogP contribution >= 0.6 is 0 Å². The molecule has 1 N–H and O–H groups in total. The quantitative estimate of drug-likeness (QED) is 0.886. The highest BCUT2D eigenvalue weighted by atomic mass is 16.2. The number of hydrogen-bond acceptors (Lipinski definition) is 3. The van der Waals surface area contributed by atoms with Crippen LogP contribution in [0.1, 0.15) is 12.8 Å². The lowest BCUT2D eigenvalue weighted by Crippen LogP contribution is -2.43. The number of benzene rings is 1. The summed E-state index contributed by atoms with van der Waals surface area (Å²) in [7, 11) is 3.98.